The second-order valence-electron chi connectivity index (χ2n) is 8.63. The van der Waals surface area contributed by atoms with Crippen LogP contribution in [0.15, 0.2) is 36.4 Å². The zero-order valence-electron chi connectivity index (χ0n) is 19.1. The van der Waals surface area contributed by atoms with Crippen LogP contribution < -0.4 is 16.0 Å². The van der Waals surface area contributed by atoms with E-state index in [0.717, 1.165) is 17.1 Å². The van der Waals surface area contributed by atoms with Crippen molar-refractivity contribution < 1.29 is 4.79 Å². The highest BCUT2D eigenvalue weighted by Crippen LogP contribution is 2.23. The molecular weight excluding hydrogens is 390 g/mol. The third kappa shape index (κ3) is 6.04. The number of aromatic nitrogens is 4. The second-order valence-corrected chi connectivity index (χ2v) is 8.63. The van der Waals surface area contributed by atoms with Crippen molar-refractivity contribution in [2.75, 3.05) is 23.7 Å². The molecule has 2 amide bonds. The first-order valence-corrected chi connectivity index (χ1v) is 10.4. The summed E-state index contributed by atoms with van der Waals surface area (Å²) in [6.45, 7) is 13.2. The predicted molar refractivity (Wildman–Crippen MR) is 124 cm³/mol. The summed E-state index contributed by atoms with van der Waals surface area (Å²) in [4.78, 5) is 21.0. The molecule has 31 heavy (non-hydrogen) atoms. The number of urea groups is 1. The van der Waals surface area contributed by atoms with E-state index in [1.165, 1.54) is 5.56 Å². The van der Waals surface area contributed by atoms with E-state index in [4.69, 9.17) is 0 Å². The molecule has 0 aliphatic heterocycles. The van der Waals surface area contributed by atoms with Gasteiger partial charge in [0.15, 0.2) is 5.82 Å². The fraction of sp³-hybridized carbons (Fsp3) is 0.391. The van der Waals surface area contributed by atoms with Crippen LogP contribution in [0.25, 0.3) is 5.82 Å². The Hall–Kier alpha value is -3.42. The smallest absolute Gasteiger partial charge is 0.319 e. The molecule has 0 radical (unpaired) electrons. The van der Waals surface area contributed by atoms with Crippen LogP contribution in [-0.4, -0.2) is 38.9 Å². The van der Waals surface area contributed by atoms with Gasteiger partial charge in [-0.15, -0.1) is 0 Å². The molecule has 1 aromatic carbocycles. The zero-order valence-corrected chi connectivity index (χ0v) is 19.1. The standard InChI is InChI=1S/C23H31N7O/c1-15-13-16(2)30(29-15)21-14-20(26-17(3)27-21)24-11-12-25-22(31)28-19-9-7-18(8-10-19)23(4,5)6/h7-10,13-14H,11-12H2,1-6H3,(H,24,26,27)(H2,25,28,31). The molecule has 0 saturated heterocycles. The van der Waals surface area contributed by atoms with Crippen LogP contribution in [0.3, 0.4) is 0 Å². The normalized spacial score (nSPS) is 11.3. The Morgan fingerprint density at radius 2 is 1.71 bits per heavy atom. The first-order chi connectivity index (χ1) is 14.6. The summed E-state index contributed by atoms with van der Waals surface area (Å²) in [6.07, 6.45) is 0. The second kappa shape index (κ2) is 9.16. The van der Waals surface area contributed by atoms with E-state index in [1.807, 2.05) is 57.2 Å². The highest BCUT2D eigenvalue weighted by Gasteiger charge is 2.13. The van der Waals surface area contributed by atoms with Crippen LogP contribution >= 0.6 is 0 Å². The van der Waals surface area contributed by atoms with Gasteiger partial charge in [-0.05, 0) is 49.9 Å². The van der Waals surface area contributed by atoms with Crippen LogP contribution in [0.5, 0.6) is 0 Å². The molecule has 0 bridgehead atoms. The van der Waals surface area contributed by atoms with E-state index in [0.29, 0.717) is 30.5 Å². The summed E-state index contributed by atoms with van der Waals surface area (Å²) in [5.41, 5.74) is 4.02. The lowest BCUT2D eigenvalue weighted by Gasteiger charge is -2.19. The number of amides is 2. The predicted octanol–water partition coefficient (Wildman–Crippen LogP) is 4.12. The SMILES string of the molecule is Cc1cc(C)n(-c2cc(NCCNC(=O)Nc3ccc(C(C)(C)C)cc3)nc(C)n2)n1. The number of hydrogen-bond donors (Lipinski definition) is 3. The lowest BCUT2D eigenvalue weighted by Crippen LogP contribution is -2.32. The summed E-state index contributed by atoms with van der Waals surface area (Å²) < 4.78 is 1.80. The molecule has 2 heterocycles. The number of benzene rings is 1. The van der Waals surface area contributed by atoms with Gasteiger partial charge in [-0.25, -0.2) is 19.4 Å². The fourth-order valence-corrected chi connectivity index (χ4v) is 3.21. The van der Waals surface area contributed by atoms with Gasteiger partial charge in [-0.1, -0.05) is 32.9 Å². The van der Waals surface area contributed by atoms with Crippen LogP contribution in [0.2, 0.25) is 0 Å². The van der Waals surface area contributed by atoms with Crippen molar-refractivity contribution in [1.29, 1.82) is 0 Å². The Bertz CT molecular complexity index is 1050. The Labute approximate surface area is 183 Å². The van der Waals surface area contributed by atoms with Gasteiger partial charge in [0.05, 0.1) is 5.69 Å². The van der Waals surface area contributed by atoms with Crippen molar-refractivity contribution >= 4 is 17.5 Å². The lowest BCUT2D eigenvalue weighted by atomic mass is 9.87. The van der Waals surface area contributed by atoms with Crippen LogP contribution in [0.1, 0.15) is 43.5 Å². The average molecular weight is 422 g/mol. The quantitative estimate of drug-likeness (QED) is 0.520. The topological polar surface area (TPSA) is 96.8 Å². The summed E-state index contributed by atoms with van der Waals surface area (Å²) >= 11 is 0. The van der Waals surface area contributed by atoms with Gasteiger partial charge >= 0.3 is 6.03 Å². The molecule has 0 atom stereocenters. The Kier molecular flexibility index (Phi) is 6.58. The minimum absolute atomic E-state index is 0.0839. The monoisotopic (exact) mass is 421 g/mol. The molecule has 0 saturated carbocycles. The van der Waals surface area contributed by atoms with Gasteiger partial charge < -0.3 is 16.0 Å². The molecule has 0 aliphatic carbocycles. The van der Waals surface area contributed by atoms with Crippen molar-refractivity contribution in [3.05, 3.63) is 59.2 Å². The van der Waals surface area contributed by atoms with Crippen molar-refractivity contribution in [2.24, 2.45) is 0 Å². The molecule has 8 heteroatoms. The molecule has 164 valence electrons. The van der Waals surface area contributed by atoms with E-state index in [-0.39, 0.29) is 11.4 Å². The number of hydrogen-bond acceptors (Lipinski definition) is 5. The zero-order chi connectivity index (χ0) is 22.6. The van der Waals surface area contributed by atoms with Gasteiger partial charge in [0.2, 0.25) is 0 Å². The highest BCUT2D eigenvalue weighted by molar-refractivity contribution is 5.89. The van der Waals surface area contributed by atoms with Gasteiger partial charge in [-0.2, -0.15) is 5.10 Å². The summed E-state index contributed by atoms with van der Waals surface area (Å²) in [7, 11) is 0. The minimum Gasteiger partial charge on any atom is -0.368 e. The Balaban J connectivity index is 1.50. The van der Waals surface area contributed by atoms with Crippen molar-refractivity contribution in [1.82, 2.24) is 25.1 Å². The number of anilines is 2. The minimum atomic E-state index is -0.243. The molecule has 3 rings (SSSR count). The number of nitrogens with one attached hydrogen (secondary N) is 3. The van der Waals surface area contributed by atoms with Crippen molar-refractivity contribution in [3.63, 3.8) is 0 Å². The molecule has 8 nitrogen and oxygen atoms in total. The summed E-state index contributed by atoms with van der Waals surface area (Å²) in [5.74, 6) is 2.05. The number of aryl methyl sites for hydroxylation is 3. The first-order valence-electron chi connectivity index (χ1n) is 10.4. The van der Waals surface area contributed by atoms with E-state index < -0.39 is 0 Å². The van der Waals surface area contributed by atoms with Crippen LogP contribution in [-0.2, 0) is 5.41 Å². The van der Waals surface area contributed by atoms with Gasteiger partial charge in [0.1, 0.15) is 11.6 Å². The largest absolute Gasteiger partial charge is 0.368 e. The third-order valence-electron chi connectivity index (χ3n) is 4.78. The molecule has 0 fully saturated rings. The maximum atomic E-state index is 12.2. The van der Waals surface area contributed by atoms with Crippen molar-refractivity contribution in [2.45, 2.75) is 47.0 Å². The first kappa shape index (κ1) is 22.3. The number of nitrogens with zero attached hydrogens (tertiary/aromatic N) is 4. The maximum absolute atomic E-state index is 12.2. The molecule has 3 N–H and O–H groups in total. The summed E-state index contributed by atoms with van der Waals surface area (Å²) in [5, 5.41) is 13.4. The Morgan fingerprint density at radius 1 is 1.00 bits per heavy atom. The lowest BCUT2D eigenvalue weighted by molar-refractivity contribution is 0.252. The maximum Gasteiger partial charge on any atom is 0.319 e. The van der Waals surface area contributed by atoms with Crippen molar-refractivity contribution in [3.8, 4) is 5.82 Å². The molecule has 3 aromatic rings. The third-order valence-corrected chi connectivity index (χ3v) is 4.78. The molecule has 0 aliphatic rings. The van der Waals surface area contributed by atoms with Gasteiger partial charge in [0, 0.05) is 30.5 Å². The van der Waals surface area contributed by atoms with E-state index in [9.17, 15) is 4.79 Å². The van der Waals surface area contributed by atoms with Gasteiger partial charge in [0.25, 0.3) is 0 Å². The fourth-order valence-electron chi connectivity index (χ4n) is 3.21. The Morgan fingerprint density at radius 3 is 2.32 bits per heavy atom. The molecular formula is C23H31N7O. The number of rotatable bonds is 6. The van der Waals surface area contributed by atoms with E-state index in [2.05, 4.69) is 51.8 Å². The van der Waals surface area contributed by atoms with E-state index in [1.54, 1.807) is 4.68 Å². The highest BCUT2D eigenvalue weighted by atomic mass is 16.2. The molecule has 0 unspecified atom stereocenters. The van der Waals surface area contributed by atoms with Crippen LogP contribution in [0, 0.1) is 20.8 Å². The molecule has 0 spiro atoms. The average Bonchev–Trinajstić information content (AvgIpc) is 3.03. The van der Waals surface area contributed by atoms with E-state index >= 15 is 0 Å². The van der Waals surface area contributed by atoms with Crippen LogP contribution in [0.4, 0.5) is 16.3 Å². The number of carbonyl (C=O) groups is 1. The summed E-state index contributed by atoms with van der Waals surface area (Å²) in [6, 6.07) is 11.5. The van der Waals surface area contributed by atoms with Gasteiger partial charge in [-0.3, -0.25) is 0 Å². The number of carbonyl (C=O) groups excluding carboxylic acids is 1. The molecule has 2 aromatic heterocycles.